The first kappa shape index (κ1) is 46.2. The van der Waals surface area contributed by atoms with E-state index in [-0.39, 0.29) is 25.1 Å². The lowest BCUT2D eigenvalue weighted by molar-refractivity contribution is -0.0554. The minimum Gasteiger partial charge on any atom is -0.504 e. The summed E-state index contributed by atoms with van der Waals surface area (Å²) in [7, 11) is 1.71. The zero-order valence-electron chi connectivity index (χ0n) is 36.7. The number of rotatable bonds is 22. The molecule has 2 heterocycles. The van der Waals surface area contributed by atoms with Gasteiger partial charge in [-0.3, -0.25) is 4.99 Å². The van der Waals surface area contributed by atoms with E-state index in [1.54, 1.807) is 20.0 Å². The summed E-state index contributed by atoms with van der Waals surface area (Å²) in [6.45, 7) is 6.29. The van der Waals surface area contributed by atoms with Crippen LogP contribution in [-0.4, -0.2) is 101 Å². The third kappa shape index (κ3) is 12.9. The molecular formula is C48H77N6O6+. The highest BCUT2D eigenvalue weighted by atomic mass is 16.5. The molecule has 3 aliphatic carbocycles. The van der Waals surface area contributed by atoms with Crippen molar-refractivity contribution >= 4 is 11.7 Å². The molecule has 0 amide bonds. The monoisotopic (exact) mass is 834 g/mol. The maximum atomic E-state index is 11.3. The molecule has 12 heteroatoms. The van der Waals surface area contributed by atoms with Crippen LogP contribution < -0.4 is 26.8 Å². The molecule has 0 saturated heterocycles. The number of phenolic OH excluding ortho intramolecular Hbond substituents is 1. The number of hydrogen-bond acceptors (Lipinski definition) is 9. The Morgan fingerprint density at radius 2 is 1.92 bits per heavy atom. The van der Waals surface area contributed by atoms with E-state index < -0.39 is 12.2 Å². The molecule has 10 atom stereocenters. The summed E-state index contributed by atoms with van der Waals surface area (Å²) in [6, 6.07) is 5.71. The van der Waals surface area contributed by atoms with Crippen LogP contribution in [-0.2, 0) is 6.42 Å². The average molecular weight is 834 g/mol. The first-order chi connectivity index (χ1) is 29.0. The number of allylic oxidation sites excluding steroid dienone is 1. The number of phenols is 1. The maximum absolute atomic E-state index is 11.3. The molecule has 10 unspecified atom stereocenters. The number of nitrogens with zero attached hydrogens (tertiary/aromatic N) is 2. The summed E-state index contributed by atoms with van der Waals surface area (Å²) in [5.74, 6) is 5.64. The fourth-order valence-corrected chi connectivity index (χ4v) is 10.7. The van der Waals surface area contributed by atoms with Crippen molar-refractivity contribution in [1.29, 1.82) is 0 Å². The Labute approximate surface area is 359 Å². The number of nitrogens with one attached hydrogen (secondary N) is 2. The van der Waals surface area contributed by atoms with Crippen LogP contribution in [0.4, 0.5) is 0 Å². The molecular weight excluding hydrogens is 757 g/mol. The number of hydrogen-bond donors (Lipinski definition) is 8. The number of nitrogens with two attached hydrogens (primary N) is 2. The van der Waals surface area contributed by atoms with Gasteiger partial charge in [0, 0.05) is 52.2 Å². The van der Waals surface area contributed by atoms with Crippen LogP contribution >= 0.6 is 0 Å². The normalized spacial score (nSPS) is 28.4. The first-order valence-corrected chi connectivity index (χ1v) is 23.3. The number of aliphatic hydroxyl groups excluding tert-OH is 3. The molecule has 2 aliphatic heterocycles. The molecule has 0 aromatic heterocycles. The number of ether oxygens (including phenoxy) is 2. The molecule has 334 valence electrons. The molecule has 6 rings (SSSR count). The number of fused-ring (bicyclic) bond motifs is 2. The van der Waals surface area contributed by atoms with Crippen LogP contribution in [0.2, 0.25) is 0 Å². The van der Waals surface area contributed by atoms with E-state index in [1.807, 2.05) is 12.1 Å². The van der Waals surface area contributed by atoms with E-state index in [0.29, 0.717) is 66.0 Å². The second-order valence-electron chi connectivity index (χ2n) is 18.8. The van der Waals surface area contributed by atoms with Gasteiger partial charge >= 0.3 is 0 Å². The van der Waals surface area contributed by atoms with Gasteiger partial charge in [0.1, 0.15) is 30.4 Å². The fraction of sp³-hybridized carbons (Fsp3) is 0.708. The molecule has 60 heavy (non-hydrogen) atoms. The van der Waals surface area contributed by atoms with Crippen molar-refractivity contribution in [2.75, 3.05) is 39.9 Å². The number of aromatic hydroxyl groups is 1. The van der Waals surface area contributed by atoms with Crippen molar-refractivity contribution < 1.29 is 29.9 Å². The largest absolute Gasteiger partial charge is 0.504 e. The highest BCUT2D eigenvalue weighted by Gasteiger charge is 2.49. The Kier molecular flexibility index (Phi) is 17.5. The van der Waals surface area contributed by atoms with Crippen molar-refractivity contribution in [2.45, 2.75) is 141 Å². The predicted molar refractivity (Wildman–Crippen MR) is 240 cm³/mol. The lowest BCUT2D eigenvalue weighted by Gasteiger charge is -2.35. The van der Waals surface area contributed by atoms with E-state index in [1.165, 1.54) is 50.9 Å². The number of aliphatic hydroxyl groups is 5. The number of benzene rings is 1. The van der Waals surface area contributed by atoms with Crippen LogP contribution in [0.15, 0.2) is 51.6 Å². The Morgan fingerprint density at radius 1 is 1.08 bits per heavy atom. The standard InChI is InChI=1S/C48H76N6O6/c1-30(25-53-48(50)51-3)11-14-33-15-17-37(49)22-35(33)7-4-5-10-46-36(28-55)23-38(60-46)18-12-32-13-20-44(57)47(21-32)59-29-45(58)43-24-40-41(27-52-26-31(2)56)39-9-6-8-34(39)16-19-42(40)54-43/h13,20-21,23-24,30-31,33-35,37,39,41,45-46,52,55-56,58,60H,4-12,14-19,22,25-29,49H2,1-3H3,(H3-,50,51,53,57)/p+1. The fourth-order valence-electron chi connectivity index (χ4n) is 10.7. The summed E-state index contributed by atoms with van der Waals surface area (Å²) < 4.78 is 11.1. The predicted octanol–water partition coefficient (Wildman–Crippen LogP) is 5.39. The van der Waals surface area contributed by atoms with E-state index in [2.05, 4.69) is 34.7 Å². The Hall–Kier alpha value is -3.26. The zero-order chi connectivity index (χ0) is 42.6. The molecule has 1 aromatic carbocycles. The molecule has 5 aliphatic rings. The first-order valence-electron chi connectivity index (χ1n) is 23.3. The molecule has 12 nitrogen and oxygen atoms in total. The van der Waals surface area contributed by atoms with E-state index in [0.717, 1.165) is 93.3 Å². The van der Waals surface area contributed by atoms with Gasteiger partial charge in [-0.2, -0.15) is 0 Å². The van der Waals surface area contributed by atoms with Crippen LogP contribution in [0.5, 0.6) is 11.5 Å². The summed E-state index contributed by atoms with van der Waals surface area (Å²) in [5.41, 5.74) is 16.0. The number of unbranched alkanes of at least 4 members (excludes halogenated alkanes) is 1. The molecule has 11 N–H and O–H groups in total. The van der Waals surface area contributed by atoms with Gasteiger partial charge in [-0.1, -0.05) is 38.7 Å². The third-order valence-corrected chi connectivity index (χ3v) is 14.2. The average Bonchev–Trinajstić information content (AvgIpc) is 3.98. The van der Waals surface area contributed by atoms with E-state index in [4.69, 9.17) is 25.9 Å². The summed E-state index contributed by atoms with van der Waals surface area (Å²) in [4.78, 5) is 8.93. The minimum atomic E-state index is -0.928. The molecule has 3 fully saturated rings. The summed E-state index contributed by atoms with van der Waals surface area (Å²) in [5, 5.41) is 48.7. The Balaban J connectivity index is 0.941. The Bertz CT molecular complexity index is 1630. The highest BCUT2D eigenvalue weighted by Crippen LogP contribution is 2.48. The van der Waals surface area contributed by atoms with Gasteiger partial charge in [-0.15, -0.1) is 16.6 Å². The van der Waals surface area contributed by atoms with E-state index in [9.17, 15) is 20.4 Å². The smallest absolute Gasteiger partial charge is 0.208 e. The zero-order valence-corrected chi connectivity index (χ0v) is 36.7. The molecule has 0 spiro atoms. The molecule has 0 radical (unpaired) electrons. The van der Waals surface area contributed by atoms with Crippen molar-refractivity contribution in [2.24, 2.45) is 57.0 Å². The van der Waals surface area contributed by atoms with Gasteiger partial charge in [0.2, 0.25) is 5.70 Å². The summed E-state index contributed by atoms with van der Waals surface area (Å²) in [6.07, 6.45) is 21.3. The van der Waals surface area contributed by atoms with Crippen LogP contribution in [0.25, 0.3) is 0 Å². The third-order valence-electron chi connectivity index (χ3n) is 14.2. The SMILES string of the molecule is CN=C(N)NCC(C)CCC1CCC(N)CC1CCCCC1[OH+][C-](CCc2ccc(O)c(OCC(O)C3=C[C+]4C(=N3)CCC3CCCC3C4CNCC(C)O)c2)C=C1CO. The van der Waals surface area contributed by atoms with Gasteiger partial charge in [0.25, 0.3) is 0 Å². The number of aliphatic imine (C=N–C) groups is 2. The Morgan fingerprint density at radius 3 is 2.72 bits per heavy atom. The van der Waals surface area contributed by atoms with Crippen molar-refractivity contribution in [1.82, 2.24) is 10.6 Å². The quantitative estimate of drug-likeness (QED) is 0.0248. The van der Waals surface area contributed by atoms with Crippen LogP contribution in [0.1, 0.15) is 116 Å². The number of aryl methyl sites for hydroxylation is 1. The van der Waals surface area contributed by atoms with Gasteiger partial charge in [-0.25, -0.2) is 0 Å². The topological polar surface area (TPSA) is 204 Å². The van der Waals surface area contributed by atoms with Crippen molar-refractivity contribution in [3.05, 3.63) is 59.2 Å². The van der Waals surface area contributed by atoms with Gasteiger partial charge in [0.05, 0.1) is 18.1 Å². The second kappa shape index (κ2) is 22.7. The molecule has 1 aromatic rings. The van der Waals surface area contributed by atoms with E-state index >= 15 is 0 Å². The molecule has 3 saturated carbocycles. The highest BCUT2D eigenvalue weighted by molar-refractivity contribution is 6.03. The second-order valence-corrected chi connectivity index (χ2v) is 18.8. The lowest BCUT2D eigenvalue weighted by atomic mass is 9.72. The van der Waals surface area contributed by atoms with Crippen LogP contribution in [0, 0.1) is 47.5 Å². The van der Waals surface area contributed by atoms with Crippen molar-refractivity contribution in [3.8, 4) is 11.5 Å². The van der Waals surface area contributed by atoms with Gasteiger partial charge in [0.15, 0.2) is 23.6 Å². The molecule has 0 bridgehead atoms. The van der Waals surface area contributed by atoms with Crippen molar-refractivity contribution in [3.63, 3.8) is 0 Å². The lowest BCUT2D eigenvalue weighted by Crippen LogP contribution is -2.36. The minimum absolute atomic E-state index is 0.0163. The van der Waals surface area contributed by atoms with Crippen LogP contribution in [0.3, 0.4) is 0 Å². The maximum Gasteiger partial charge on any atom is 0.208 e. The summed E-state index contributed by atoms with van der Waals surface area (Å²) >= 11 is 0. The van der Waals surface area contributed by atoms with Gasteiger partial charge in [-0.05, 0) is 118 Å². The van der Waals surface area contributed by atoms with Gasteiger partial charge < -0.3 is 52.0 Å². The number of guanidine groups is 1.